The van der Waals surface area contributed by atoms with E-state index in [0.29, 0.717) is 21.7 Å². The average Bonchev–Trinajstić information content (AvgIpc) is 2.73. The van der Waals surface area contributed by atoms with E-state index in [4.69, 9.17) is 16.0 Å². The molecule has 0 aliphatic rings. The van der Waals surface area contributed by atoms with Crippen LogP contribution < -0.4 is 0 Å². The van der Waals surface area contributed by atoms with Crippen molar-refractivity contribution < 1.29 is 9.21 Å². The van der Waals surface area contributed by atoms with E-state index in [2.05, 4.69) is 10.2 Å². The average molecular weight is 283 g/mol. The number of rotatable bonds is 4. The Balaban J connectivity index is 2.09. The van der Waals surface area contributed by atoms with Gasteiger partial charge in [0.2, 0.25) is 5.89 Å². The summed E-state index contributed by atoms with van der Waals surface area (Å²) in [7, 11) is 0. The normalized spacial score (nSPS) is 12.4. The van der Waals surface area contributed by atoms with Crippen LogP contribution in [-0.2, 0) is 0 Å². The van der Waals surface area contributed by atoms with Crippen LogP contribution in [0.2, 0.25) is 5.02 Å². The molecule has 1 atom stereocenters. The SMILES string of the molecule is Cc1nnc(SC(C)C(=O)c2cccc(Cl)c2)o1. The zero-order valence-electron chi connectivity index (χ0n) is 9.88. The summed E-state index contributed by atoms with van der Waals surface area (Å²) in [4.78, 5) is 12.1. The van der Waals surface area contributed by atoms with E-state index in [0.717, 1.165) is 0 Å². The molecular weight excluding hydrogens is 272 g/mol. The van der Waals surface area contributed by atoms with E-state index in [-0.39, 0.29) is 11.0 Å². The van der Waals surface area contributed by atoms with Crippen LogP contribution in [0.5, 0.6) is 0 Å². The number of hydrogen-bond acceptors (Lipinski definition) is 5. The number of ketones is 1. The molecule has 0 amide bonds. The molecule has 1 aromatic carbocycles. The molecule has 0 aliphatic carbocycles. The maximum absolute atomic E-state index is 12.1. The molecule has 1 aromatic heterocycles. The largest absolute Gasteiger partial charge is 0.416 e. The van der Waals surface area contributed by atoms with Gasteiger partial charge in [-0.2, -0.15) is 0 Å². The maximum Gasteiger partial charge on any atom is 0.277 e. The van der Waals surface area contributed by atoms with Crippen molar-refractivity contribution in [3.63, 3.8) is 0 Å². The molecule has 94 valence electrons. The molecule has 2 rings (SSSR count). The second kappa shape index (κ2) is 5.54. The molecule has 0 bridgehead atoms. The van der Waals surface area contributed by atoms with Crippen molar-refractivity contribution in [1.82, 2.24) is 10.2 Å². The second-order valence-corrected chi connectivity index (χ2v) is 5.45. The fraction of sp³-hybridized carbons (Fsp3) is 0.250. The van der Waals surface area contributed by atoms with Crippen molar-refractivity contribution in [2.75, 3.05) is 0 Å². The van der Waals surface area contributed by atoms with Gasteiger partial charge in [0.1, 0.15) is 0 Å². The first-order valence-electron chi connectivity index (χ1n) is 5.33. The van der Waals surface area contributed by atoms with Crippen LogP contribution in [0.25, 0.3) is 0 Å². The van der Waals surface area contributed by atoms with Gasteiger partial charge in [-0.25, -0.2) is 0 Å². The molecule has 18 heavy (non-hydrogen) atoms. The highest BCUT2D eigenvalue weighted by Gasteiger charge is 2.19. The van der Waals surface area contributed by atoms with E-state index in [1.807, 2.05) is 0 Å². The lowest BCUT2D eigenvalue weighted by Crippen LogP contribution is -2.13. The topological polar surface area (TPSA) is 56.0 Å². The number of halogens is 1. The van der Waals surface area contributed by atoms with E-state index >= 15 is 0 Å². The van der Waals surface area contributed by atoms with Gasteiger partial charge in [-0.15, -0.1) is 10.2 Å². The van der Waals surface area contributed by atoms with Crippen molar-refractivity contribution in [2.24, 2.45) is 0 Å². The van der Waals surface area contributed by atoms with E-state index < -0.39 is 0 Å². The Morgan fingerprint density at radius 3 is 2.83 bits per heavy atom. The number of carbonyl (C=O) groups excluding carboxylic acids is 1. The highest BCUT2D eigenvalue weighted by atomic mass is 35.5. The molecule has 4 nitrogen and oxygen atoms in total. The lowest BCUT2D eigenvalue weighted by atomic mass is 10.1. The number of nitrogens with zero attached hydrogens (tertiary/aromatic N) is 2. The smallest absolute Gasteiger partial charge is 0.277 e. The van der Waals surface area contributed by atoms with Crippen LogP contribution in [0.1, 0.15) is 23.2 Å². The molecule has 1 unspecified atom stereocenters. The Bertz CT molecular complexity index is 571. The highest BCUT2D eigenvalue weighted by Crippen LogP contribution is 2.25. The maximum atomic E-state index is 12.1. The van der Waals surface area contributed by atoms with Gasteiger partial charge in [-0.3, -0.25) is 4.79 Å². The summed E-state index contributed by atoms with van der Waals surface area (Å²) in [5, 5.41) is 8.21. The highest BCUT2D eigenvalue weighted by molar-refractivity contribution is 8.00. The summed E-state index contributed by atoms with van der Waals surface area (Å²) in [5.41, 5.74) is 0.582. The Kier molecular flexibility index (Phi) is 4.04. The number of carbonyl (C=O) groups is 1. The van der Waals surface area contributed by atoms with E-state index in [9.17, 15) is 4.79 Å². The first-order valence-corrected chi connectivity index (χ1v) is 6.58. The third-order valence-corrected chi connectivity index (χ3v) is 3.43. The van der Waals surface area contributed by atoms with Crippen molar-refractivity contribution in [2.45, 2.75) is 24.3 Å². The monoisotopic (exact) mass is 282 g/mol. The zero-order valence-corrected chi connectivity index (χ0v) is 11.5. The zero-order chi connectivity index (χ0) is 13.1. The standard InChI is InChI=1S/C12H11ClN2O2S/c1-7(18-12-15-14-8(2)17-12)11(16)9-4-3-5-10(13)6-9/h3-7H,1-2H3. The minimum atomic E-state index is -0.302. The number of aromatic nitrogens is 2. The van der Waals surface area contributed by atoms with Crippen LogP contribution in [0.3, 0.4) is 0 Å². The number of benzene rings is 1. The van der Waals surface area contributed by atoms with Gasteiger partial charge >= 0.3 is 0 Å². The molecule has 6 heteroatoms. The van der Waals surface area contributed by atoms with Crippen LogP contribution in [0, 0.1) is 6.92 Å². The Morgan fingerprint density at radius 2 is 2.22 bits per heavy atom. The molecule has 0 saturated carbocycles. The fourth-order valence-corrected chi connectivity index (χ4v) is 2.40. The summed E-state index contributed by atoms with van der Waals surface area (Å²) in [5.74, 6) is 0.471. The van der Waals surface area contributed by atoms with Gasteiger partial charge in [-0.1, -0.05) is 35.5 Å². The summed E-state index contributed by atoms with van der Waals surface area (Å²) in [6, 6.07) is 6.88. The van der Waals surface area contributed by atoms with Gasteiger partial charge in [0.05, 0.1) is 5.25 Å². The molecule has 0 spiro atoms. The van der Waals surface area contributed by atoms with Crippen LogP contribution in [0.15, 0.2) is 33.9 Å². The molecule has 1 heterocycles. The first-order chi connectivity index (χ1) is 8.56. The summed E-state index contributed by atoms with van der Waals surface area (Å²) >= 11 is 7.10. The Morgan fingerprint density at radius 1 is 1.44 bits per heavy atom. The fourth-order valence-electron chi connectivity index (χ4n) is 1.41. The molecular formula is C12H11ClN2O2S. The molecule has 0 saturated heterocycles. The van der Waals surface area contributed by atoms with Gasteiger partial charge in [0.25, 0.3) is 5.22 Å². The van der Waals surface area contributed by atoms with Crippen LogP contribution in [0.4, 0.5) is 0 Å². The molecule has 0 aliphatic heterocycles. The lowest BCUT2D eigenvalue weighted by Gasteiger charge is -2.07. The van der Waals surface area contributed by atoms with Crippen molar-refractivity contribution >= 4 is 29.1 Å². The predicted molar refractivity (Wildman–Crippen MR) is 70.1 cm³/mol. The summed E-state index contributed by atoms with van der Waals surface area (Å²) in [6.45, 7) is 3.51. The van der Waals surface area contributed by atoms with Crippen LogP contribution >= 0.6 is 23.4 Å². The third kappa shape index (κ3) is 3.11. The van der Waals surface area contributed by atoms with Crippen molar-refractivity contribution in [3.8, 4) is 0 Å². The third-order valence-electron chi connectivity index (χ3n) is 2.26. The Hall–Kier alpha value is -1.33. The Labute approximate surface area is 114 Å². The van der Waals surface area contributed by atoms with Crippen molar-refractivity contribution in [3.05, 3.63) is 40.7 Å². The van der Waals surface area contributed by atoms with E-state index in [1.54, 1.807) is 38.1 Å². The predicted octanol–water partition coefficient (Wildman–Crippen LogP) is 3.39. The van der Waals surface area contributed by atoms with Gasteiger partial charge in [-0.05, 0) is 19.1 Å². The first kappa shape index (κ1) is 13.1. The number of Topliss-reactive ketones (excluding diaryl/α,β-unsaturated/α-hetero) is 1. The minimum absolute atomic E-state index is 0.0154. The number of aryl methyl sites for hydroxylation is 1. The summed E-state index contributed by atoms with van der Waals surface area (Å²) in [6.07, 6.45) is 0. The molecule has 2 aromatic rings. The molecule has 0 radical (unpaired) electrons. The van der Waals surface area contributed by atoms with Gasteiger partial charge in [0.15, 0.2) is 5.78 Å². The van der Waals surface area contributed by atoms with E-state index in [1.165, 1.54) is 11.8 Å². The quantitative estimate of drug-likeness (QED) is 0.635. The number of thioether (sulfide) groups is 1. The molecule has 0 N–H and O–H groups in total. The van der Waals surface area contributed by atoms with Gasteiger partial charge in [0, 0.05) is 17.5 Å². The second-order valence-electron chi connectivity index (χ2n) is 3.72. The van der Waals surface area contributed by atoms with Crippen LogP contribution in [-0.4, -0.2) is 21.2 Å². The number of hydrogen-bond donors (Lipinski definition) is 0. The minimum Gasteiger partial charge on any atom is -0.416 e. The lowest BCUT2D eigenvalue weighted by molar-refractivity contribution is 0.0993. The van der Waals surface area contributed by atoms with Crippen molar-refractivity contribution in [1.29, 1.82) is 0 Å². The molecule has 0 fully saturated rings. The van der Waals surface area contributed by atoms with Gasteiger partial charge < -0.3 is 4.42 Å². The summed E-state index contributed by atoms with van der Waals surface area (Å²) < 4.78 is 5.23.